The minimum absolute atomic E-state index is 0.693. The lowest BCUT2D eigenvalue weighted by molar-refractivity contribution is 0.266. The lowest BCUT2D eigenvalue weighted by atomic mass is 9.94. The minimum atomic E-state index is -0.884. The van der Waals surface area contributed by atoms with Crippen LogP contribution in [-0.4, -0.2) is 24.5 Å². The third-order valence-electron chi connectivity index (χ3n) is 3.48. The second-order valence-corrected chi connectivity index (χ2v) is 5.87. The van der Waals surface area contributed by atoms with Crippen molar-refractivity contribution in [1.82, 2.24) is 4.90 Å². The van der Waals surface area contributed by atoms with Gasteiger partial charge in [-0.15, -0.1) is 0 Å². The molecule has 0 fully saturated rings. The zero-order valence-electron chi connectivity index (χ0n) is 12.6. The molecule has 110 valence electrons. The van der Waals surface area contributed by atoms with Crippen molar-refractivity contribution in [3.05, 3.63) is 35.9 Å². The van der Waals surface area contributed by atoms with Crippen LogP contribution in [0.3, 0.4) is 0 Å². The van der Waals surface area contributed by atoms with Crippen LogP contribution in [0.25, 0.3) is 0 Å². The molecular formula is C17H25ClN2. The van der Waals surface area contributed by atoms with Gasteiger partial charge in [-0.1, -0.05) is 55.8 Å². The van der Waals surface area contributed by atoms with E-state index in [0.717, 1.165) is 31.6 Å². The normalized spacial score (nSPS) is 13.9. The van der Waals surface area contributed by atoms with Gasteiger partial charge in [0.15, 0.2) is 4.87 Å². The molecule has 2 nitrogen and oxygen atoms in total. The molecule has 0 aromatic heterocycles. The smallest absolute Gasteiger partial charge is 0.155 e. The molecule has 0 saturated carbocycles. The van der Waals surface area contributed by atoms with Gasteiger partial charge in [-0.3, -0.25) is 0 Å². The van der Waals surface area contributed by atoms with Crippen LogP contribution in [0.15, 0.2) is 30.3 Å². The van der Waals surface area contributed by atoms with E-state index in [0.29, 0.717) is 6.42 Å². The fourth-order valence-corrected chi connectivity index (χ4v) is 2.74. The van der Waals surface area contributed by atoms with Gasteiger partial charge in [-0.05, 0) is 50.9 Å². The van der Waals surface area contributed by atoms with E-state index in [9.17, 15) is 5.26 Å². The Kier molecular flexibility index (Phi) is 7.65. The summed E-state index contributed by atoms with van der Waals surface area (Å²) in [6, 6.07) is 12.0. The number of rotatable bonds is 9. The Labute approximate surface area is 128 Å². The van der Waals surface area contributed by atoms with Crippen LogP contribution in [0.2, 0.25) is 0 Å². The molecule has 1 unspecified atom stereocenters. The molecule has 0 bridgehead atoms. The summed E-state index contributed by atoms with van der Waals surface area (Å²) in [7, 11) is 0. The standard InChI is InChI=1S/C17H25ClN2/c1-3-12-20(13-4-2)14-8-11-17(18,15-19)16-9-6-5-7-10-16/h5-7,9-10H,3-4,8,11-14H2,1-2H3. The highest BCUT2D eigenvalue weighted by molar-refractivity contribution is 6.25. The van der Waals surface area contributed by atoms with Crippen LogP contribution in [0, 0.1) is 11.3 Å². The molecule has 0 aliphatic heterocycles. The molecule has 0 radical (unpaired) electrons. The molecule has 20 heavy (non-hydrogen) atoms. The number of hydrogen-bond donors (Lipinski definition) is 0. The lowest BCUT2D eigenvalue weighted by Gasteiger charge is -2.24. The Morgan fingerprint density at radius 2 is 1.70 bits per heavy atom. The minimum Gasteiger partial charge on any atom is -0.303 e. The van der Waals surface area contributed by atoms with E-state index >= 15 is 0 Å². The molecular weight excluding hydrogens is 268 g/mol. The van der Waals surface area contributed by atoms with Gasteiger partial charge in [0.05, 0.1) is 6.07 Å². The van der Waals surface area contributed by atoms with Crippen LogP contribution in [0.4, 0.5) is 0 Å². The zero-order chi connectivity index (χ0) is 14.8. The van der Waals surface area contributed by atoms with Crippen molar-refractivity contribution in [2.45, 2.75) is 44.4 Å². The Morgan fingerprint density at radius 1 is 1.10 bits per heavy atom. The van der Waals surface area contributed by atoms with E-state index in [-0.39, 0.29) is 0 Å². The summed E-state index contributed by atoms with van der Waals surface area (Å²) in [5.74, 6) is 0. The van der Waals surface area contributed by atoms with Gasteiger partial charge >= 0.3 is 0 Å². The van der Waals surface area contributed by atoms with Crippen molar-refractivity contribution in [3.63, 3.8) is 0 Å². The van der Waals surface area contributed by atoms with Crippen LogP contribution in [0.1, 0.15) is 45.1 Å². The second kappa shape index (κ2) is 9.00. The van der Waals surface area contributed by atoms with Crippen molar-refractivity contribution in [3.8, 4) is 6.07 Å². The monoisotopic (exact) mass is 292 g/mol. The number of benzene rings is 1. The Morgan fingerprint density at radius 3 is 2.20 bits per heavy atom. The summed E-state index contributed by atoms with van der Waals surface area (Å²) >= 11 is 6.51. The maximum atomic E-state index is 9.42. The van der Waals surface area contributed by atoms with Crippen molar-refractivity contribution >= 4 is 11.6 Å². The predicted octanol–water partition coefficient (Wildman–Crippen LogP) is 4.55. The van der Waals surface area contributed by atoms with E-state index in [2.05, 4.69) is 24.8 Å². The van der Waals surface area contributed by atoms with Gasteiger partial charge in [0, 0.05) is 0 Å². The van der Waals surface area contributed by atoms with Crippen LogP contribution in [-0.2, 0) is 4.87 Å². The van der Waals surface area contributed by atoms with E-state index in [1.54, 1.807) is 0 Å². The first-order valence-corrected chi connectivity index (χ1v) is 7.92. The molecule has 0 spiro atoms. The molecule has 0 aliphatic rings. The summed E-state index contributed by atoms with van der Waals surface area (Å²) in [5, 5.41) is 9.42. The average molecular weight is 293 g/mol. The molecule has 1 aromatic rings. The lowest BCUT2D eigenvalue weighted by Crippen LogP contribution is -2.28. The fraction of sp³-hybridized carbons (Fsp3) is 0.588. The van der Waals surface area contributed by atoms with Crippen molar-refractivity contribution in [2.75, 3.05) is 19.6 Å². The first kappa shape index (κ1) is 17.0. The molecule has 1 aromatic carbocycles. The average Bonchev–Trinajstić information content (AvgIpc) is 2.48. The summed E-state index contributed by atoms with van der Waals surface area (Å²) in [6.07, 6.45) is 3.98. The molecule has 0 amide bonds. The van der Waals surface area contributed by atoms with Gasteiger partial charge < -0.3 is 4.90 Å². The van der Waals surface area contributed by atoms with Gasteiger partial charge in [0.25, 0.3) is 0 Å². The zero-order valence-corrected chi connectivity index (χ0v) is 13.4. The molecule has 0 saturated heterocycles. The highest BCUT2D eigenvalue weighted by atomic mass is 35.5. The Balaban J connectivity index is 2.55. The number of nitrogens with zero attached hydrogens (tertiary/aromatic N) is 2. The maximum Gasteiger partial charge on any atom is 0.155 e. The molecule has 0 heterocycles. The van der Waals surface area contributed by atoms with Crippen molar-refractivity contribution in [2.24, 2.45) is 0 Å². The van der Waals surface area contributed by atoms with E-state index in [1.165, 1.54) is 12.8 Å². The highest BCUT2D eigenvalue weighted by Crippen LogP contribution is 2.33. The van der Waals surface area contributed by atoms with Crippen LogP contribution < -0.4 is 0 Å². The first-order chi connectivity index (χ1) is 9.66. The van der Waals surface area contributed by atoms with Gasteiger partial charge in [-0.25, -0.2) is 0 Å². The molecule has 1 rings (SSSR count). The van der Waals surface area contributed by atoms with Crippen molar-refractivity contribution in [1.29, 1.82) is 5.26 Å². The van der Waals surface area contributed by atoms with Gasteiger partial charge in [0.2, 0.25) is 0 Å². The quantitative estimate of drug-likeness (QED) is 0.625. The van der Waals surface area contributed by atoms with E-state index in [4.69, 9.17) is 11.6 Å². The van der Waals surface area contributed by atoms with E-state index in [1.807, 2.05) is 30.3 Å². The molecule has 0 N–H and O–H groups in total. The predicted molar refractivity (Wildman–Crippen MR) is 85.8 cm³/mol. The van der Waals surface area contributed by atoms with E-state index < -0.39 is 4.87 Å². The fourth-order valence-electron chi connectivity index (χ4n) is 2.48. The summed E-state index contributed by atoms with van der Waals surface area (Å²) in [4.78, 5) is 1.57. The molecule has 3 heteroatoms. The Hall–Kier alpha value is -1.04. The maximum absolute atomic E-state index is 9.42. The topological polar surface area (TPSA) is 27.0 Å². The summed E-state index contributed by atoms with van der Waals surface area (Å²) in [5.41, 5.74) is 0.904. The summed E-state index contributed by atoms with van der Waals surface area (Å²) in [6.45, 7) is 7.67. The Bertz CT molecular complexity index is 407. The largest absolute Gasteiger partial charge is 0.303 e. The number of hydrogen-bond acceptors (Lipinski definition) is 2. The SMILES string of the molecule is CCCN(CCC)CCCC(Cl)(C#N)c1ccccc1. The number of alkyl halides is 1. The highest BCUT2D eigenvalue weighted by Gasteiger charge is 2.28. The van der Waals surface area contributed by atoms with Crippen molar-refractivity contribution < 1.29 is 0 Å². The van der Waals surface area contributed by atoms with Crippen LogP contribution in [0.5, 0.6) is 0 Å². The molecule has 0 aliphatic carbocycles. The third kappa shape index (κ3) is 5.15. The summed E-state index contributed by atoms with van der Waals surface area (Å²) < 4.78 is 0. The third-order valence-corrected chi connectivity index (χ3v) is 3.98. The number of nitriles is 1. The first-order valence-electron chi connectivity index (χ1n) is 7.54. The van der Waals surface area contributed by atoms with Gasteiger partial charge in [0.1, 0.15) is 0 Å². The second-order valence-electron chi connectivity index (χ2n) is 5.22. The molecule has 1 atom stereocenters. The van der Waals surface area contributed by atoms with Gasteiger partial charge in [-0.2, -0.15) is 5.26 Å². The number of halogens is 1. The van der Waals surface area contributed by atoms with Crippen LogP contribution >= 0.6 is 11.6 Å².